The highest BCUT2D eigenvalue weighted by molar-refractivity contribution is 6.30. The van der Waals surface area contributed by atoms with E-state index in [1.807, 2.05) is 0 Å². The van der Waals surface area contributed by atoms with Crippen LogP contribution < -0.4 is 0 Å². The van der Waals surface area contributed by atoms with Gasteiger partial charge >= 0.3 is 5.97 Å². The van der Waals surface area contributed by atoms with Crippen molar-refractivity contribution in [3.05, 3.63) is 34.9 Å². The van der Waals surface area contributed by atoms with Crippen LogP contribution in [0.15, 0.2) is 24.3 Å². The molecule has 0 aromatic heterocycles. The minimum atomic E-state index is -1.23. The van der Waals surface area contributed by atoms with Gasteiger partial charge in [0, 0.05) is 5.02 Å². The number of esters is 1. The summed E-state index contributed by atoms with van der Waals surface area (Å²) >= 11 is 5.74. The van der Waals surface area contributed by atoms with Gasteiger partial charge in [-0.1, -0.05) is 23.7 Å². The van der Waals surface area contributed by atoms with Crippen molar-refractivity contribution in [2.45, 2.75) is 25.9 Å². The van der Waals surface area contributed by atoms with Crippen molar-refractivity contribution in [2.24, 2.45) is 0 Å². The Morgan fingerprint density at radius 1 is 1.44 bits per heavy atom. The molecule has 4 heteroatoms. The van der Waals surface area contributed by atoms with E-state index < -0.39 is 11.6 Å². The molecule has 1 aromatic carbocycles. The summed E-state index contributed by atoms with van der Waals surface area (Å²) in [5, 5.41) is 10.7. The molecule has 1 rings (SSSR count). The van der Waals surface area contributed by atoms with Gasteiger partial charge < -0.3 is 9.84 Å². The van der Waals surface area contributed by atoms with Crippen molar-refractivity contribution in [2.75, 3.05) is 6.61 Å². The molecule has 0 aliphatic carbocycles. The van der Waals surface area contributed by atoms with E-state index >= 15 is 0 Å². The lowest BCUT2D eigenvalue weighted by molar-refractivity contribution is -0.148. The van der Waals surface area contributed by atoms with Crippen molar-refractivity contribution in [1.29, 1.82) is 0 Å². The van der Waals surface area contributed by atoms with Gasteiger partial charge in [-0.15, -0.1) is 0 Å². The highest BCUT2D eigenvalue weighted by Crippen LogP contribution is 2.26. The molecule has 0 amide bonds. The Morgan fingerprint density at radius 2 is 2.00 bits per heavy atom. The Kier molecular flexibility index (Phi) is 4.33. The fourth-order valence-corrected chi connectivity index (χ4v) is 1.53. The predicted molar refractivity (Wildman–Crippen MR) is 62.3 cm³/mol. The highest BCUT2D eigenvalue weighted by atomic mass is 35.5. The predicted octanol–water partition coefficient (Wildman–Crippen LogP) is 2.50. The molecule has 0 spiro atoms. The number of aliphatic hydroxyl groups is 1. The van der Waals surface area contributed by atoms with Crippen molar-refractivity contribution >= 4 is 17.6 Å². The van der Waals surface area contributed by atoms with Crippen molar-refractivity contribution in [3.63, 3.8) is 0 Å². The smallest absolute Gasteiger partial charge is 0.309 e. The Labute approximate surface area is 100.0 Å². The van der Waals surface area contributed by atoms with Gasteiger partial charge in [-0.25, -0.2) is 0 Å². The molecule has 0 aliphatic rings. The van der Waals surface area contributed by atoms with Crippen molar-refractivity contribution in [1.82, 2.24) is 0 Å². The summed E-state index contributed by atoms with van der Waals surface area (Å²) in [7, 11) is 0. The number of carbonyl (C=O) groups excluding carboxylic acids is 1. The van der Waals surface area contributed by atoms with Crippen LogP contribution in [0.5, 0.6) is 0 Å². The topological polar surface area (TPSA) is 46.5 Å². The van der Waals surface area contributed by atoms with Crippen molar-refractivity contribution in [3.8, 4) is 0 Å². The Morgan fingerprint density at radius 3 is 2.50 bits per heavy atom. The lowest BCUT2D eigenvalue weighted by Crippen LogP contribution is -2.26. The van der Waals surface area contributed by atoms with Crippen LogP contribution in [-0.2, 0) is 15.1 Å². The van der Waals surface area contributed by atoms with E-state index in [4.69, 9.17) is 16.3 Å². The van der Waals surface area contributed by atoms with Gasteiger partial charge in [0.05, 0.1) is 18.6 Å². The molecular formula is C12H15ClO3. The fraction of sp³-hybridized carbons (Fsp3) is 0.417. The Hall–Kier alpha value is -1.06. The number of benzene rings is 1. The summed E-state index contributed by atoms with van der Waals surface area (Å²) in [4.78, 5) is 11.3. The van der Waals surface area contributed by atoms with E-state index in [-0.39, 0.29) is 6.42 Å². The van der Waals surface area contributed by atoms with E-state index in [1.165, 1.54) is 0 Å². The van der Waals surface area contributed by atoms with E-state index in [2.05, 4.69) is 0 Å². The number of ether oxygens (including phenoxy) is 1. The molecule has 0 aliphatic heterocycles. The first-order valence-corrected chi connectivity index (χ1v) is 5.47. The first kappa shape index (κ1) is 13.0. The lowest BCUT2D eigenvalue weighted by atomic mass is 9.93. The average Bonchev–Trinajstić information content (AvgIpc) is 2.17. The maximum atomic E-state index is 11.3. The van der Waals surface area contributed by atoms with Gasteiger partial charge in [0.2, 0.25) is 0 Å². The molecule has 0 unspecified atom stereocenters. The Bertz CT molecular complexity index is 357. The number of hydrogen-bond donors (Lipinski definition) is 1. The monoisotopic (exact) mass is 242 g/mol. The third-order valence-electron chi connectivity index (χ3n) is 2.26. The maximum absolute atomic E-state index is 11.3. The lowest BCUT2D eigenvalue weighted by Gasteiger charge is -2.22. The van der Waals surface area contributed by atoms with E-state index in [0.29, 0.717) is 17.2 Å². The second-order valence-corrected chi connectivity index (χ2v) is 4.20. The third kappa shape index (κ3) is 3.51. The molecule has 0 bridgehead atoms. The summed E-state index contributed by atoms with van der Waals surface area (Å²) in [6, 6.07) is 6.75. The number of carbonyl (C=O) groups is 1. The SMILES string of the molecule is CCOC(=O)C[C@@](C)(O)c1ccc(Cl)cc1. The quantitative estimate of drug-likeness (QED) is 0.826. The van der Waals surface area contributed by atoms with Gasteiger partial charge in [0.25, 0.3) is 0 Å². The number of hydrogen-bond acceptors (Lipinski definition) is 3. The van der Waals surface area contributed by atoms with Crippen LogP contribution in [0.2, 0.25) is 5.02 Å². The standard InChI is InChI=1S/C12H15ClO3/c1-3-16-11(14)8-12(2,15)9-4-6-10(13)7-5-9/h4-7,15H,3,8H2,1-2H3/t12-/m1/s1. The van der Waals surface area contributed by atoms with Gasteiger partial charge in [0.1, 0.15) is 0 Å². The van der Waals surface area contributed by atoms with Gasteiger partial charge in [-0.2, -0.15) is 0 Å². The highest BCUT2D eigenvalue weighted by Gasteiger charge is 2.27. The zero-order chi connectivity index (χ0) is 12.2. The molecule has 1 N–H and O–H groups in total. The number of halogens is 1. The first-order chi connectivity index (χ1) is 7.45. The van der Waals surface area contributed by atoms with Crippen LogP contribution >= 0.6 is 11.6 Å². The average molecular weight is 243 g/mol. The number of rotatable bonds is 4. The van der Waals surface area contributed by atoms with Gasteiger partial charge in [-0.3, -0.25) is 4.79 Å². The van der Waals surface area contributed by atoms with Crippen LogP contribution in [-0.4, -0.2) is 17.7 Å². The molecule has 1 aromatic rings. The normalized spacial score (nSPS) is 14.2. The molecule has 0 heterocycles. The molecule has 0 saturated carbocycles. The minimum Gasteiger partial charge on any atom is -0.466 e. The second kappa shape index (κ2) is 5.32. The molecule has 0 radical (unpaired) electrons. The zero-order valence-corrected chi connectivity index (χ0v) is 10.1. The van der Waals surface area contributed by atoms with Crippen LogP contribution in [0, 0.1) is 0 Å². The fourth-order valence-electron chi connectivity index (χ4n) is 1.40. The van der Waals surface area contributed by atoms with Crippen LogP contribution in [0.25, 0.3) is 0 Å². The summed E-state index contributed by atoms with van der Waals surface area (Å²) in [6.45, 7) is 3.62. The molecule has 16 heavy (non-hydrogen) atoms. The van der Waals surface area contributed by atoms with E-state index in [1.54, 1.807) is 38.1 Å². The van der Waals surface area contributed by atoms with Gasteiger partial charge in [-0.05, 0) is 31.5 Å². The zero-order valence-electron chi connectivity index (χ0n) is 9.37. The second-order valence-electron chi connectivity index (χ2n) is 3.76. The molecule has 0 fully saturated rings. The molecule has 3 nitrogen and oxygen atoms in total. The third-order valence-corrected chi connectivity index (χ3v) is 2.51. The minimum absolute atomic E-state index is 0.0670. The van der Waals surface area contributed by atoms with Crippen LogP contribution in [0.1, 0.15) is 25.8 Å². The summed E-state index contributed by atoms with van der Waals surface area (Å²) in [5.74, 6) is -0.414. The molecule has 1 atom stereocenters. The van der Waals surface area contributed by atoms with Crippen molar-refractivity contribution < 1.29 is 14.6 Å². The van der Waals surface area contributed by atoms with Gasteiger partial charge in [0.15, 0.2) is 0 Å². The largest absolute Gasteiger partial charge is 0.466 e. The van der Waals surface area contributed by atoms with Crippen LogP contribution in [0.3, 0.4) is 0 Å². The van der Waals surface area contributed by atoms with E-state index in [0.717, 1.165) is 0 Å². The Balaban J connectivity index is 2.76. The van der Waals surface area contributed by atoms with E-state index in [9.17, 15) is 9.90 Å². The summed E-state index contributed by atoms with van der Waals surface area (Å²) in [5.41, 5.74) is -0.582. The maximum Gasteiger partial charge on any atom is 0.309 e. The molecular weight excluding hydrogens is 228 g/mol. The summed E-state index contributed by atoms with van der Waals surface area (Å²) < 4.78 is 4.80. The summed E-state index contributed by atoms with van der Waals surface area (Å²) in [6.07, 6.45) is -0.0670. The molecule has 88 valence electrons. The van der Waals surface area contributed by atoms with Crippen LogP contribution in [0.4, 0.5) is 0 Å². The first-order valence-electron chi connectivity index (χ1n) is 5.10. The molecule has 0 saturated heterocycles.